The summed E-state index contributed by atoms with van der Waals surface area (Å²) in [6.45, 7) is -1.36. The van der Waals surface area contributed by atoms with Gasteiger partial charge in [0.2, 0.25) is 0 Å². The summed E-state index contributed by atoms with van der Waals surface area (Å²) in [5.74, 6) is 0. The lowest BCUT2D eigenvalue weighted by molar-refractivity contribution is -0.395. The highest BCUT2D eigenvalue weighted by Gasteiger charge is 2.50. The van der Waals surface area contributed by atoms with Gasteiger partial charge in [0.15, 0.2) is 12.6 Å². The average molecular weight is 358 g/mol. The van der Waals surface area contributed by atoms with Gasteiger partial charge in [-0.05, 0) is 0 Å². The molecule has 0 saturated carbocycles. The van der Waals surface area contributed by atoms with Gasteiger partial charge in [-0.1, -0.05) is 0 Å². The van der Waals surface area contributed by atoms with Crippen LogP contribution in [-0.4, -0.2) is 116 Å². The van der Waals surface area contributed by atoms with Crippen molar-refractivity contribution < 1.29 is 60.1 Å². The predicted octanol–water partition coefficient (Wildman–Crippen LogP) is -4.90. The molecule has 0 unspecified atom stereocenters. The second-order valence-electron chi connectivity index (χ2n) is 5.61. The van der Waals surface area contributed by atoms with Crippen LogP contribution in [0.1, 0.15) is 0 Å². The zero-order valence-corrected chi connectivity index (χ0v) is 12.4. The first kappa shape index (κ1) is 19.8. The minimum Gasteiger partial charge on any atom is -0.394 e. The molecule has 0 aromatic rings. The van der Waals surface area contributed by atoms with E-state index < -0.39 is 74.6 Å². The number of ether oxygens (including phenoxy) is 3. The Kier molecular flexibility index (Phi) is 6.83. The molecule has 12 nitrogen and oxygen atoms in total. The van der Waals surface area contributed by atoms with E-state index in [1.807, 2.05) is 0 Å². The first-order valence-electron chi connectivity index (χ1n) is 7.24. The largest absolute Gasteiger partial charge is 0.394 e. The summed E-state index contributed by atoms with van der Waals surface area (Å²) in [5.41, 5.74) is 0. The minimum atomic E-state index is -1.77. The van der Waals surface area contributed by atoms with Crippen molar-refractivity contribution in [2.24, 2.45) is 0 Å². The topological polar surface area (TPSA) is 199 Å². The van der Waals surface area contributed by atoms with E-state index in [4.69, 9.17) is 24.6 Å². The highest BCUT2D eigenvalue weighted by Crippen LogP contribution is 2.29. The molecule has 2 fully saturated rings. The lowest BCUT2D eigenvalue weighted by Crippen LogP contribution is -2.64. The van der Waals surface area contributed by atoms with Gasteiger partial charge in [0, 0.05) is 0 Å². The van der Waals surface area contributed by atoms with E-state index in [0.29, 0.717) is 0 Å². The summed E-state index contributed by atoms with van der Waals surface area (Å²) in [5, 5.41) is 76.2. The van der Waals surface area contributed by atoms with Gasteiger partial charge in [-0.25, -0.2) is 4.89 Å². The normalized spacial score (nSPS) is 50.0. The van der Waals surface area contributed by atoms with Crippen molar-refractivity contribution in [1.29, 1.82) is 0 Å². The van der Waals surface area contributed by atoms with Crippen LogP contribution in [-0.2, 0) is 19.1 Å². The number of hydrogen-bond acceptors (Lipinski definition) is 12. The first-order valence-corrected chi connectivity index (χ1v) is 7.24. The highest BCUT2D eigenvalue weighted by molar-refractivity contribution is 4.93. The Hall–Kier alpha value is -0.480. The Morgan fingerprint density at radius 1 is 0.708 bits per heavy atom. The molecule has 2 heterocycles. The van der Waals surface area contributed by atoms with Gasteiger partial charge < -0.3 is 50.0 Å². The van der Waals surface area contributed by atoms with Gasteiger partial charge in [0.25, 0.3) is 0 Å². The molecule has 12 heteroatoms. The summed E-state index contributed by atoms with van der Waals surface area (Å²) in [6.07, 6.45) is -15.7. The van der Waals surface area contributed by atoms with Crippen LogP contribution in [0.3, 0.4) is 0 Å². The Balaban J connectivity index is 2.09. The molecule has 142 valence electrons. The Labute approximate surface area is 135 Å². The van der Waals surface area contributed by atoms with Gasteiger partial charge in [-0.3, -0.25) is 5.26 Å². The van der Waals surface area contributed by atoms with Gasteiger partial charge in [-0.15, -0.1) is 0 Å². The first-order chi connectivity index (χ1) is 11.3. The quantitative estimate of drug-likeness (QED) is 0.172. The van der Waals surface area contributed by atoms with Crippen molar-refractivity contribution in [3.63, 3.8) is 0 Å². The van der Waals surface area contributed by atoms with E-state index in [9.17, 15) is 30.6 Å². The van der Waals surface area contributed by atoms with Gasteiger partial charge in [0.05, 0.1) is 13.2 Å². The van der Waals surface area contributed by atoms with Crippen LogP contribution in [0.15, 0.2) is 0 Å². The Morgan fingerprint density at radius 3 is 1.83 bits per heavy atom. The van der Waals surface area contributed by atoms with E-state index >= 15 is 0 Å². The van der Waals surface area contributed by atoms with E-state index in [1.165, 1.54) is 0 Å². The molecule has 2 aliphatic rings. The van der Waals surface area contributed by atoms with Crippen LogP contribution >= 0.6 is 0 Å². The monoisotopic (exact) mass is 358 g/mol. The van der Waals surface area contributed by atoms with E-state index in [1.54, 1.807) is 0 Å². The van der Waals surface area contributed by atoms with E-state index in [0.717, 1.165) is 0 Å². The van der Waals surface area contributed by atoms with Crippen molar-refractivity contribution >= 4 is 0 Å². The third-order valence-corrected chi connectivity index (χ3v) is 4.08. The minimum absolute atomic E-state index is 0.661. The lowest BCUT2D eigenvalue weighted by atomic mass is 9.97. The summed E-state index contributed by atoms with van der Waals surface area (Å²) < 4.78 is 15.2. The molecule has 0 bridgehead atoms. The molecule has 0 aliphatic carbocycles. The van der Waals surface area contributed by atoms with Crippen LogP contribution in [0.25, 0.3) is 0 Å². The van der Waals surface area contributed by atoms with Crippen LogP contribution in [0.4, 0.5) is 0 Å². The number of rotatable bonds is 5. The summed E-state index contributed by atoms with van der Waals surface area (Å²) >= 11 is 0. The molecule has 10 atom stereocenters. The van der Waals surface area contributed by atoms with Crippen LogP contribution in [0, 0.1) is 0 Å². The van der Waals surface area contributed by atoms with Crippen molar-refractivity contribution in [3.05, 3.63) is 0 Å². The molecule has 0 aromatic carbocycles. The Morgan fingerprint density at radius 2 is 1.29 bits per heavy atom. The third-order valence-electron chi connectivity index (χ3n) is 4.08. The SMILES string of the molecule is OC[C@H]1O[C@H](O)[C@@H](O[C@H]2O[C@H](CO)[C@@H](OO)[C@H](O)[C@@H]2O)[C@@H](O)[C@@H]1O. The average Bonchev–Trinajstić information content (AvgIpc) is 2.58. The maximum absolute atomic E-state index is 9.97. The van der Waals surface area contributed by atoms with E-state index in [-0.39, 0.29) is 0 Å². The standard InChI is InChI=1S/C12H22O12/c13-1-3-5(15)6(16)10(11(19)21-3)23-12-8(18)7(17)9(24-20)4(2-14)22-12/h3-20H,1-2H2/t3-,4-,5-,6+,7-,8+,9-,10+,11+,12-/m1/s1. The fourth-order valence-electron chi connectivity index (χ4n) is 2.67. The molecule has 0 amide bonds. The second kappa shape index (κ2) is 8.27. The maximum atomic E-state index is 9.97. The van der Waals surface area contributed by atoms with Crippen LogP contribution in [0.2, 0.25) is 0 Å². The number of aliphatic hydroxyl groups is 7. The fourth-order valence-corrected chi connectivity index (χ4v) is 2.67. The van der Waals surface area contributed by atoms with Crippen molar-refractivity contribution in [1.82, 2.24) is 0 Å². The molecule has 2 aliphatic heterocycles. The smallest absolute Gasteiger partial charge is 0.187 e. The van der Waals surface area contributed by atoms with Gasteiger partial charge in [0.1, 0.15) is 48.8 Å². The highest BCUT2D eigenvalue weighted by atomic mass is 17.1. The molecule has 2 rings (SSSR count). The molecule has 0 spiro atoms. The Bertz CT molecular complexity index is 394. The molecular weight excluding hydrogens is 336 g/mol. The number of hydrogen-bond donors (Lipinski definition) is 8. The lowest BCUT2D eigenvalue weighted by Gasteiger charge is -2.45. The fraction of sp³-hybridized carbons (Fsp3) is 1.00. The van der Waals surface area contributed by atoms with Crippen molar-refractivity contribution in [2.75, 3.05) is 13.2 Å². The maximum Gasteiger partial charge on any atom is 0.187 e. The predicted molar refractivity (Wildman–Crippen MR) is 70.1 cm³/mol. The van der Waals surface area contributed by atoms with E-state index in [2.05, 4.69) is 4.89 Å². The van der Waals surface area contributed by atoms with Gasteiger partial charge >= 0.3 is 0 Å². The zero-order chi connectivity index (χ0) is 18.0. The molecule has 2 saturated heterocycles. The van der Waals surface area contributed by atoms with Crippen LogP contribution < -0.4 is 0 Å². The molecule has 24 heavy (non-hydrogen) atoms. The number of aliphatic hydroxyl groups excluding tert-OH is 7. The summed E-state index contributed by atoms with van der Waals surface area (Å²) in [7, 11) is 0. The third kappa shape index (κ3) is 3.70. The second-order valence-corrected chi connectivity index (χ2v) is 5.61. The molecular formula is C12H22O12. The van der Waals surface area contributed by atoms with Gasteiger partial charge in [-0.2, -0.15) is 0 Å². The molecule has 0 radical (unpaired) electrons. The van der Waals surface area contributed by atoms with Crippen molar-refractivity contribution in [2.45, 2.75) is 61.4 Å². The zero-order valence-electron chi connectivity index (χ0n) is 12.4. The molecule has 8 N–H and O–H groups in total. The van der Waals surface area contributed by atoms with Crippen LogP contribution in [0.5, 0.6) is 0 Å². The summed E-state index contributed by atoms with van der Waals surface area (Å²) in [6, 6.07) is 0. The van der Waals surface area contributed by atoms with Crippen molar-refractivity contribution in [3.8, 4) is 0 Å². The summed E-state index contributed by atoms with van der Waals surface area (Å²) in [4.78, 5) is 3.96. The molecule has 0 aromatic heterocycles.